The monoisotopic (exact) mass is 303 g/mol. The molecule has 0 aliphatic rings. The van der Waals surface area contributed by atoms with Crippen LogP contribution in [0.2, 0.25) is 0 Å². The van der Waals surface area contributed by atoms with E-state index in [1.165, 1.54) is 94.7 Å². The van der Waals surface area contributed by atoms with Crippen molar-refractivity contribution in [2.24, 2.45) is 0 Å². The van der Waals surface area contributed by atoms with Crippen molar-refractivity contribution in [2.75, 3.05) is 12.4 Å². The van der Waals surface area contributed by atoms with Crippen LogP contribution in [0.1, 0.15) is 89.5 Å². The van der Waals surface area contributed by atoms with Gasteiger partial charge in [-0.1, -0.05) is 89.7 Å². The highest BCUT2D eigenvalue weighted by Crippen LogP contribution is 2.14. The Balaban J connectivity index is 1.85. The normalized spacial score (nSPS) is 10.8. The molecule has 0 amide bonds. The Kier molecular flexibility index (Phi) is 11.8. The Morgan fingerprint density at radius 1 is 0.636 bits per heavy atom. The quantitative estimate of drug-likeness (QED) is 0.366. The van der Waals surface area contributed by atoms with E-state index in [9.17, 15) is 0 Å². The van der Waals surface area contributed by atoms with Crippen molar-refractivity contribution in [2.45, 2.75) is 90.4 Å². The number of nitrogens with one attached hydrogen (secondary N) is 1. The maximum absolute atomic E-state index is 3.17. The van der Waals surface area contributed by atoms with E-state index >= 15 is 0 Å². The molecule has 0 aliphatic heterocycles. The van der Waals surface area contributed by atoms with Gasteiger partial charge < -0.3 is 5.32 Å². The first-order valence-corrected chi connectivity index (χ1v) is 9.63. The molecule has 0 aromatic heterocycles. The van der Waals surface area contributed by atoms with E-state index in [1.807, 2.05) is 7.05 Å². The van der Waals surface area contributed by atoms with Gasteiger partial charge in [-0.3, -0.25) is 0 Å². The number of hydrogen-bond donors (Lipinski definition) is 1. The lowest BCUT2D eigenvalue weighted by atomic mass is 10.0. The fraction of sp³-hybridized carbons (Fsp3) is 0.714. The van der Waals surface area contributed by atoms with Crippen molar-refractivity contribution in [3.63, 3.8) is 0 Å². The average Bonchev–Trinajstić information content (AvgIpc) is 2.56. The Labute approximate surface area is 138 Å². The van der Waals surface area contributed by atoms with Crippen LogP contribution in [0.4, 0.5) is 5.69 Å². The third-order valence-corrected chi connectivity index (χ3v) is 4.56. The summed E-state index contributed by atoms with van der Waals surface area (Å²) in [6.07, 6.45) is 18.4. The lowest BCUT2D eigenvalue weighted by molar-refractivity contribution is 0.544. The molecule has 0 heterocycles. The highest BCUT2D eigenvalue weighted by atomic mass is 14.8. The zero-order valence-electron chi connectivity index (χ0n) is 15.0. The predicted octanol–water partition coefficient (Wildman–Crippen LogP) is 6.97. The van der Waals surface area contributed by atoms with Crippen molar-refractivity contribution in [3.05, 3.63) is 29.8 Å². The first-order chi connectivity index (χ1) is 10.9. The molecule has 22 heavy (non-hydrogen) atoms. The van der Waals surface area contributed by atoms with Gasteiger partial charge in [-0.2, -0.15) is 0 Å². The van der Waals surface area contributed by atoms with Crippen molar-refractivity contribution in [1.29, 1.82) is 0 Å². The molecule has 1 nitrogen and oxygen atoms in total. The molecule has 1 aromatic rings. The Hall–Kier alpha value is -0.980. The van der Waals surface area contributed by atoms with Crippen molar-refractivity contribution < 1.29 is 0 Å². The highest BCUT2D eigenvalue weighted by molar-refractivity contribution is 5.43. The van der Waals surface area contributed by atoms with Crippen molar-refractivity contribution >= 4 is 5.69 Å². The molecule has 126 valence electrons. The molecule has 0 fully saturated rings. The van der Waals surface area contributed by atoms with Crippen LogP contribution >= 0.6 is 0 Å². The van der Waals surface area contributed by atoms with Crippen LogP contribution in [0.5, 0.6) is 0 Å². The molecule has 0 bridgehead atoms. The largest absolute Gasteiger partial charge is 0.388 e. The second-order valence-electron chi connectivity index (χ2n) is 6.59. The smallest absolute Gasteiger partial charge is 0.0337 e. The summed E-state index contributed by atoms with van der Waals surface area (Å²) in [4.78, 5) is 0. The average molecular weight is 304 g/mol. The molecule has 0 saturated carbocycles. The summed E-state index contributed by atoms with van der Waals surface area (Å²) in [6.45, 7) is 2.29. The molecule has 0 spiro atoms. The molecular formula is C21H37N. The van der Waals surface area contributed by atoms with Crippen molar-refractivity contribution in [3.8, 4) is 0 Å². The Morgan fingerprint density at radius 2 is 1.09 bits per heavy atom. The second-order valence-corrected chi connectivity index (χ2v) is 6.59. The summed E-state index contributed by atoms with van der Waals surface area (Å²) in [5, 5.41) is 3.17. The van der Waals surface area contributed by atoms with Crippen LogP contribution in [-0.4, -0.2) is 7.05 Å². The molecule has 1 heteroatoms. The molecule has 0 saturated heterocycles. The predicted molar refractivity (Wildman–Crippen MR) is 101 cm³/mol. The van der Waals surface area contributed by atoms with Gasteiger partial charge in [0.05, 0.1) is 0 Å². The third-order valence-electron chi connectivity index (χ3n) is 4.56. The Bertz CT molecular complexity index is 341. The van der Waals surface area contributed by atoms with E-state index < -0.39 is 0 Å². The van der Waals surface area contributed by atoms with Crippen LogP contribution in [0.25, 0.3) is 0 Å². The first kappa shape index (κ1) is 19.1. The van der Waals surface area contributed by atoms with Gasteiger partial charge >= 0.3 is 0 Å². The number of unbranched alkanes of at least 4 members (excludes halogenated alkanes) is 11. The molecule has 0 unspecified atom stereocenters. The minimum atomic E-state index is 1.21. The van der Waals surface area contributed by atoms with Crippen LogP contribution in [0.3, 0.4) is 0 Å². The van der Waals surface area contributed by atoms with E-state index in [4.69, 9.17) is 0 Å². The molecule has 0 atom stereocenters. The number of aryl methyl sites for hydroxylation is 1. The summed E-state index contributed by atoms with van der Waals surface area (Å²) >= 11 is 0. The lowest BCUT2D eigenvalue weighted by Crippen LogP contribution is -1.90. The summed E-state index contributed by atoms with van der Waals surface area (Å²) in [5.41, 5.74) is 2.68. The van der Waals surface area contributed by atoms with Gasteiger partial charge in [0.25, 0.3) is 0 Å². The van der Waals surface area contributed by atoms with Crippen LogP contribution in [0.15, 0.2) is 24.3 Å². The van der Waals surface area contributed by atoms with Gasteiger partial charge in [0.1, 0.15) is 0 Å². The molecular weight excluding hydrogens is 266 g/mol. The van der Waals surface area contributed by atoms with E-state index in [0.717, 1.165) is 0 Å². The van der Waals surface area contributed by atoms with Gasteiger partial charge in [-0.05, 0) is 30.5 Å². The van der Waals surface area contributed by atoms with Crippen LogP contribution in [0, 0.1) is 0 Å². The van der Waals surface area contributed by atoms with E-state index in [2.05, 4.69) is 36.5 Å². The van der Waals surface area contributed by atoms with E-state index in [1.54, 1.807) is 0 Å². The molecule has 0 radical (unpaired) electrons. The summed E-state index contributed by atoms with van der Waals surface area (Å²) in [5.74, 6) is 0. The zero-order valence-corrected chi connectivity index (χ0v) is 15.0. The fourth-order valence-corrected chi connectivity index (χ4v) is 3.01. The Morgan fingerprint density at radius 3 is 1.55 bits per heavy atom. The number of benzene rings is 1. The summed E-state index contributed by atoms with van der Waals surface area (Å²) < 4.78 is 0. The van der Waals surface area contributed by atoms with Crippen LogP contribution < -0.4 is 5.32 Å². The number of hydrogen-bond acceptors (Lipinski definition) is 1. The van der Waals surface area contributed by atoms with Crippen molar-refractivity contribution in [1.82, 2.24) is 0 Å². The maximum Gasteiger partial charge on any atom is 0.0337 e. The number of anilines is 1. The topological polar surface area (TPSA) is 12.0 Å². The van der Waals surface area contributed by atoms with E-state index in [-0.39, 0.29) is 0 Å². The maximum atomic E-state index is 3.17. The van der Waals surface area contributed by atoms with Crippen LogP contribution in [-0.2, 0) is 6.42 Å². The van der Waals surface area contributed by atoms with Gasteiger partial charge in [-0.15, -0.1) is 0 Å². The third kappa shape index (κ3) is 9.87. The molecule has 1 aromatic carbocycles. The summed E-state index contributed by atoms with van der Waals surface area (Å²) in [6, 6.07) is 8.86. The van der Waals surface area contributed by atoms with Gasteiger partial charge in [0.2, 0.25) is 0 Å². The highest BCUT2D eigenvalue weighted by Gasteiger charge is 1.96. The van der Waals surface area contributed by atoms with Gasteiger partial charge in [0, 0.05) is 12.7 Å². The van der Waals surface area contributed by atoms with E-state index in [0.29, 0.717) is 0 Å². The molecule has 0 aliphatic carbocycles. The molecule has 1 N–H and O–H groups in total. The first-order valence-electron chi connectivity index (χ1n) is 9.63. The summed E-state index contributed by atoms with van der Waals surface area (Å²) in [7, 11) is 1.97. The SMILES string of the molecule is CCCCCCCCCCCCCCc1ccc(NC)cc1. The van der Waals surface area contributed by atoms with Gasteiger partial charge in [0.15, 0.2) is 0 Å². The van der Waals surface area contributed by atoms with Gasteiger partial charge in [-0.25, -0.2) is 0 Å². The molecule has 1 rings (SSSR count). The minimum Gasteiger partial charge on any atom is -0.388 e. The lowest BCUT2D eigenvalue weighted by Gasteiger charge is -2.05. The fourth-order valence-electron chi connectivity index (χ4n) is 3.01. The zero-order chi connectivity index (χ0) is 15.9. The number of rotatable bonds is 14. The second kappa shape index (κ2) is 13.7. The minimum absolute atomic E-state index is 1.21. The standard InChI is InChI=1S/C21H37N/c1-3-4-5-6-7-8-9-10-11-12-13-14-15-20-16-18-21(22-2)19-17-20/h16-19,22H,3-15H2,1-2H3.